The zero-order valence-electron chi connectivity index (χ0n) is 13.8. The Labute approximate surface area is 140 Å². The molecule has 130 valence electrons. The van der Waals surface area contributed by atoms with Gasteiger partial charge in [0, 0.05) is 12.3 Å². The summed E-state index contributed by atoms with van der Waals surface area (Å²) < 4.78 is 10.5. The molecule has 0 spiro atoms. The van der Waals surface area contributed by atoms with Crippen LogP contribution < -0.4 is 5.32 Å². The van der Waals surface area contributed by atoms with E-state index in [0.29, 0.717) is 24.5 Å². The molecule has 0 saturated carbocycles. The second-order valence-corrected chi connectivity index (χ2v) is 5.53. The quantitative estimate of drug-likeness (QED) is 0.588. The predicted molar refractivity (Wildman–Crippen MR) is 88.0 cm³/mol. The molecule has 0 fully saturated rings. The molecule has 1 aromatic rings. The van der Waals surface area contributed by atoms with E-state index in [-0.39, 0.29) is 12.4 Å². The number of aliphatic imine (C=N–C) groups is 1. The van der Waals surface area contributed by atoms with Gasteiger partial charge in [0.25, 0.3) is 0 Å². The maximum absolute atomic E-state index is 12.4. The lowest BCUT2D eigenvalue weighted by Gasteiger charge is -2.29. The van der Waals surface area contributed by atoms with Crippen LogP contribution in [-0.2, 0) is 14.3 Å². The fourth-order valence-corrected chi connectivity index (χ4v) is 2.56. The van der Waals surface area contributed by atoms with Gasteiger partial charge in [-0.25, -0.2) is 9.79 Å². The van der Waals surface area contributed by atoms with Crippen LogP contribution in [0.1, 0.15) is 31.9 Å². The number of hydrogen-bond acceptors (Lipinski definition) is 5. The second kappa shape index (κ2) is 8.44. The predicted octanol–water partition coefficient (Wildman–Crippen LogP) is 2.20. The van der Waals surface area contributed by atoms with Gasteiger partial charge in [-0.1, -0.05) is 19.1 Å². The Kier molecular flexibility index (Phi) is 6.31. The number of benzene rings is 1. The zero-order chi connectivity index (χ0) is 17.5. The molecule has 1 aromatic carbocycles. The van der Waals surface area contributed by atoms with Gasteiger partial charge in [-0.3, -0.25) is 4.79 Å². The second-order valence-electron chi connectivity index (χ2n) is 5.53. The van der Waals surface area contributed by atoms with Crippen LogP contribution in [-0.4, -0.2) is 42.6 Å². The van der Waals surface area contributed by atoms with Crippen molar-refractivity contribution in [1.29, 1.82) is 0 Å². The van der Waals surface area contributed by atoms with Crippen LogP contribution in [0.2, 0.25) is 0 Å². The molecular weight excluding hydrogens is 312 g/mol. The number of phenols is 1. The maximum Gasteiger partial charge on any atom is 0.341 e. The van der Waals surface area contributed by atoms with E-state index in [2.05, 4.69) is 10.3 Å². The first-order valence-corrected chi connectivity index (χ1v) is 7.92. The van der Waals surface area contributed by atoms with Crippen LogP contribution in [0, 0.1) is 5.92 Å². The standard InChI is InChI=1S/C17H22N2O5/c1-3-7-23-8-9-24-16(21)14-11(2)18-17(22)19-15(14)12-5-4-6-13(20)10-12/h4-6,10,14-15,20H,3,7-9H2,1-2H3,(H,19,22). The highest BCUT2D eigenvalue weighted by Gasteiger charge is 2.38. The molecule has 2 atom stereocenters. The minimum absolute atomic E-state index is 0.0574. The molecule has 2 N–H and O–H groups in total. The summed E-state index contributed by atoms with van der Waals surface area (Å²) in [5, 5.41) is 12.3. The fraction of sp³-hybridized carbons (Fsp3) is 0.471. The largest absolute Gasteiger partial charge is 0.508 e. The van der Waals surface area contributed by atoms with Crippen molar-refractivity contribution in [2.75, 3.05) is 19.8 Å². The lowest BCUT2D eigenvalue weighted by molar-refractivity contribution is -0.148. The van der Waals surface area contributed by atoms with Crippen molar-refractivity contribution >= 4 is 17.7 Å². The number of esters is 1. The number of nitrogens with one attached hydrogen (secondary N) is 1. The Morgan fingerprint density at radius 2 is 2.12 bits per heavy atom. The number of ether oxygens (including phenoxy) is 2. The first kappa shape index (κ1) is 17.9. The summed E-state index contributed by atoms with van der Waals surface area (Å²) >= 11 is 0. The van der Waals surface area contributed by atoms with E-state index >= 15 is 0 Å². The van der Waals surface area contributed by atoms with Crippen molar-refractivity contribution in [2.24, 2.45) is 10.9 Å². The van der Waals surface area contributed by atoms with Crippen molar-refractivity contribution in [3.63, 3.8) is 0 Å². The van der Waals surface area contributed by atoms with Gasteiger partial charge in [0.2, 0.25) is 0 Å². The van der Waals surface area contributed by atoms with Crippen LogP contribution in [0.3, 0.4) is 0 Å². The summed E-state index contributed by atoms with van der Waals surface area (Å²) in [5.41, 5.74) is 0.994. The molecular formula is C17H22N2O5. The van der Waals surface area contributed by atoms with Crippen LogP contribution >= 0.6 is 0 Å². The van der Waals surface area contributed by atoms with E-state index < -0.39 is 24.0 Å². The van der Waals surface area contributed by atoms with Gasteiger partial charge in [0.15, 0.2) is 0 Å². The fourth-order valence-electron chi connectivity index (χ4n) is 2.56. The molecule has 7 heteroatoms. The van der Waals surface area contributed by atoms with E-state index in [4.69, 9.17) is 9.47 Å². The number of aromatic hydroxyl groups is 1. The Bertz CT molecular complexity index is 629. The zero-order valence-corrected chi connectivity index (χ0v) is 13.8. The number of urea groups is 1. The Morgan fingerprint density at radius 1 is 1.33 bits per heavy atom. The maximum atomic E-state index is 12.4. The summed E-state index contributed by atoms with van der Waals surface area (Å²) in [6.07, 6.45) is 0.897. The Morgan fingerprint density at radius 3 is 2.83 bits per heavy atom. The van der Waals surface area contributed by atoms with Crippen LogP contribution in [0.5, 0.6) is 5.75 Å². The molecule has 0 aliphatic carbocycles. The minimum Gasteiger partial charge on any atom is -0.508 e. The van der Waals surface area contributed by atoms with E-state index in [1.54, 1.807) is 19.1 Å². The van der Waals surface area contributed by atoms with Crippen molar-refractivity contribution in [1.82, 2.24) is 5.32 Å². The molecule has 1 heterocycles. The number of amides is 2. The van der Waals surface area contributed by atoms with E-state index in [1.165, 1.54) is 12.1 Å². The number of nitrogens with zero attached hydrogens (tertiary/aromatic N) is 1. The molecule has 2 rings (SSSR count). The van der Waals surface area contributed by atoms with Crippen LogP contribution in [0.25, 0.3) is 0 Å². The van der Waals surface area contributed by atoms with Crippen molar-refractivity contribution < 1.29 is 24.2 Å². The van der Waals surface area contributed by atoms with Crippen LogP contribution in [0.15, 0.2) is 29.3 Å². The SMILES string of the molecule is CCCOCCOC(=O)C1C(C)=NC(=O)NC1c1cccc(O)c1. The molecule has 2 amide bonds. The molecule has 0 saturated heterocycles. The van der Waals surface area contributed by atoms with Crippen molar-refractivity contribution in [3.05, 3.63) is 29.8 Å². The molecule has 0 bridgehead atoms. The van der Waals surface area contributed by atoms with Gasteiger partial charge in [-0.2, -0.15) is 0 Å². The van der Waals surface area contributed by atoms with Gasteiger partial charge in [0.1, 0.15) is 18.3 Å². The Balaban J connectivity index is 2.11. The number of hydrogen-bond donors (Lipinski definition) is 2. The molecule has 1 aliphatic heterocycles. The van der Waals surface area contributed by atoms with E-state index in [0.717, 1.165) is 6.42 Å². The third-order valence-electron chi connectivity index (χ3n) is 3.64. The van der Waals surface area contributed by atoms with E-state index in [9.17, 15) is 14.7 Å². The van der Waals surface area contributed by atoms with Crippen LogP contribution in [0.4, 0.5) is 4.79 Å². The summed E-state index contributed by atoms with van der Waals surface area (Å²) in [5.74, 6) is -1.16. The van der Waals surface area contributed by atoms with Gasteiger partial charge < -0.3 is 19.9 Å². The number of carbonyl (C=O) groups is 2. The minimum atomic E-state index is -0.740. The highest BCUT2D eigenvalue weighted by molar-refractivity contribution is 6.08. The molecule has 1 aliphatic rings. The Hall–Kier alpha value is -2.41. The molecule has 7 nitrogen and oxygen atoms in total. The van der Waals surface area contributed by atoms with Gasteiger partial charge in [-0.15, -0.1) is 0 Å². The normalized spacial score (nSPS) is 20.2. The number of carbonyl (C=O) groups excluding carboxylic acids is 2. The van der Waals surface area contributed by atoms with E-state index in [1.807, 2.05) is 6.92 Å². The van der Waals surface area contributed by atoms with Crippen molar-refractivity contribution in [2.45, 2.75) is 26.3 Å². The molecule has 2 unspecified atom stereocenters. The first-order valence-electron chi connectivity index (χ1n) is 7.92. The summed E-state index contributed by atoms with van der Waals surface area (Å²) in [7, 11) is 0. The highest BCUT2D eigenvalue weighted by atomic mass is 16.6. The summed E-state index contributed by atoms with van der Waals surface area (Å²) in [6, 6.07) is 5.26. The van der Waals surface area contributed by atoms with Crippen molar-refractivity contribution in [3.8, 4) is 5.75 Å². The topological polar surface area (TPSA) is 97.2 Å². The monoisotopic (exact) mass is 334 g/mol. The lowest BCUT2D eigenvalue weighted by Crippen LogP contribution is -2.44. The number of rotatable bonds is 7. The average molecular weight is 334 g/mol. The molecule has 0 radical (unpaired) electrons. The lowest BCUT2D eigenvalue weighted by atomic mass is 9.88. The smallest absolute Gasteiger partial charge is 0.341 e. The third kappa shape index (κ3) is 4.55. The van der Waals surface area contributed by atoms with Gasteiger partial charge in [-0.05, 0) is 31.0 Å². The van der Waals surface area contributed by atoms with Gasteiger partial charge in [0.05, 0.1) is 12.6 Å². The first-order chi connectivity index (χ1) is 11.5. The van der Waals surface area contributed by atoms with Gasteiger partial charge >= 0.3 is 12.0 Å². The number of phenolic OH excluding ortho intramolecular Hbond substituents is 1. The molecule has 24 heavy (non-hydrogen) atoms. The third-order valence-corrected chi connectivity index (χ3v) is 3.64. The summed E-state index contributed by atoms with van der Waals surface area (Å²) in [4.78, 5) is 28.0. The average Bonchev–Trinajstić information content (AvgIpc) is 2.53. The molecule has 0 aromatic heterocycles. The summed E-state index contributed by atoms with van der Waals surface area (Å²) in [6.45, 7) is 4.70. The highest BCUT2D eigenvalue weighted by Crippen LogP contribution is 2.29.